The zero-order valence-corrected chi connectivity index (χ0v) is 10.3. The number of likely N-dealkylation sites (tertiary alicyclic amines) is 1. The molecule has 4 nitrogen and oxygen atoms in total. The molecule has 2 heterocycles. The lowest BCUT2D eigenvalue weighted by Crippen LogP contribution is -3.14. The Bertz CT molecular complexity index is 358. The van der Waals surface area contributed by atoms with E-state index in [0.717, 1.165) is 25.7 Å². The average Bonchev–Trinajstić information content (AvgIpc) is 2.39. The van der Waals surface area contributed by atoms with Crippen LogP contribution >= 0.6 is 0 Å². The summed E-state index contributed by atoms with van der Waals surface area (Å²) in [5, 5.41) is 2.97. The standard InChI is InChI=1S/C13H19N3O/c1-11-4-7-16(8-5-11)10-15-13(17)12-3-2-6-14-9-12/h2-3,6,9,11H,4-5,7-8,10H2,1H3,(H,15,17)/p+1. The number of rotatable bonds is 3. The van der Waals surface area contributed by atoms with Gasteiger partial charge >= 0.3 is 0 Å². The molecule has 1 aromatic heterocycles. The summed E-state index contributed by atoms with van der Waals surface area (Å²) >= 11 is 0. The van der Waals surface area contributed by atoms with Gasteiger partial charge in [0.25, 0.3) is 5.91 Å². The van der Waals surface area contributed by atoms with Crippen molar-refractivity contribution in [3.63, 3.8) is 0 Å². The molecule has 1 aliphatic heterocycles. The molecule has 0 unspecified atom stereocenters. The first-order valence-electron chi connectivity index (χ1n) is 6.27. The highest BCUT2D eigenvalue weighted by Gasteiger charge is 2.19. The molecule has 2 rings (SSSR count). The van der Waals surface area contributed by atoms with Crippen LogP contribution in [0.15, 0.2) is 24.5 Å². The van der Waals surface area contributed by atoms with Crippen molar-refractivity contribution < 1.29 is 9.69 Å². The highest BCUT2D eigenvalue weighted by Crippen LogP contribution is 2.06. The Kier molecular flexibility index (Phi) is 4.09. The molecule has 0 saturated carbocycles. The number of carbonyl (C=O) groups is 1. The highest BCUT2D eigenvalue weighted by molar-refractivity contribution is 5.93. The van der Waals surface area contributed by atoms with Crippen molar-refractivity contribution in [3.8, 4) is 0 Å². The van der Waals surface area contributed by atoms with Gasteiger partial charge in [-0.3, -0.25) is 9.78 Å². The second kappa shape index (κ2) is 5.77. The van der Waals surface area contributed by atoms with Crippen LogP contribution in [-0.2, 0) is 0 Å². The first kappa shape index (κ1) is 12.0. The number of pyridine rings is 1. The maximum Gasteiger partial charge on any atom is 0.257 e. The van der Waals surface area contributed by atoms with Gasteiger partial charge < -0.3 is 10.2 Å². The molecule has 2 N–H and O–H groups in total. The molecular formula is C13H20N3O+. The molecule has 0 spiro atoms. The number of nitrogens with zero attached hydrogens (tertiary/aromatic N) is 1. The fourth-order valence-corrected chi connectivity index (χ4v) is 2.15. The summed E-state index contributed by atoms with van der Waals surface area (Å²) < 4.78 is 0. The van der Waals surface area contributed by atoms with Crippen LogP contribution in [-0.4, -0.2) is 30.6 Å². The normalized spacial score (nSPS) is 24.3. The van der Waals surface area contributed by atoms with E-state index < -0.39 is 0 Å². The molecule has 92 valence electrons. The molecule has 1 aliphatic rings. The van der Waals surface area contributed by atoms with E-state index in [9.17, 15) is 4.79 Å². The Labute approximate surface area is 102 Å². The van der Waals surface area contributed by atoms with E-state index in [1.807, 2.05) is 0 Å². The van der Waals surface area contributed by atoms with Crippen LogP contribution in [0.3, 0.4) is 0 Å². The van der Waals surface area contributed by atoms with Crippen molar-refractivity contribution in [2.24, 2.45) is 5.92 Å². The third kappa shape index (κ3) is 3.53. The van der Waals surface area contributed by atoms with E-state index in [1.54, 1.807) is 24.5 Å². The molecule has 1 saturated heterocycles. The molecule has 0 aromatic carbocycles. The van der Waals surface area contributed by atoms with E-state index in [-0.39, 0.29) is 5.91 Å². The highest BCUT2D eigenvalue weighted by atomic mass is 16.1. The molecule has 0 radical (unpaired) electrons. The number of hydrogen-bond acceptors (Lipinski definition) is 2. The maximum atomic E-state index is 11.8. The number of amides is 1. The number of quaternary nitrogens is 1. The van der Waals surface area contributed by atoms with Gasteiger partial charge in [0.05, 0.1) is 18.7 Å². The predicted molar refractivity (Wildman–Crippen MR) is 65.7 cm³/mol. The van der Waals surface area contributed by atoms with E-state index >= 15 is 0 Å². The SMILES string of the molecule is CC1CC[NH+](CNC(=O)c2cccnc2)CC1. The first-order chi connectivity index (χ1) is 8.25. The number of carbonyl (C=O) groups excluding carboxylic acids is 1. The third-order valence-corrected chi connectivity index (χ3v) is 3.40. The molecule has 4 heteroatoms. The topological polar surface area (TPSA) is 46.4 Å². The summed E-state index contributed by atoms with van der Waals surface area (Å²) in [5.41, 5.74) is 0.636. The van der Waals surface area contributed by atoms with Gasteiger partial charge in [0.15, 0.2) is 6.67 Å². The first-order valence-corrected chi connectivity index (χ1v) is 6.27. The van der Waals surface area contributed by atoms with Crippen LogP contribution in [0.5, 0.6) is 0 Å². The van der Waals surface area contributed by atoms with Crippen LogP contribution < -0.4 is 10.2 Å². The van der Waals surface area contributed by atoms with E-state index in [4.69, 9.17) is 0 Å². The summed E-state index contributed by atoms with van der Waals surface area (Å²) in [7, 11) is 0. The lowest BCUT2D eigenvalue weighted by Gasteiger charge is -2.27. The Morgan fingerprint density at radius 1 is 1.53 bits per heavy atom. The number of piperidine rings is 1. The summed E-state index contributed by atoms with van der Waals surface area (Å²) in [4.78, 5) is 17.2. The van der Waals surface area contributed by atoms with Crippen molar-refractivity contribution in [2.45, 2.75) is 19.8 Å². The molecular weight excluding hydrogens is 214 g/mol. The number of aromatic nitrogens is 1. The van der Waals surface area contributed by atoms with Gasteiger partial charge in [-0.15, -0.1) is 0 Å². The quantitative estimate of drug-likeness (QED) is 0.778. The molecule has 0 atom stereocenters. The van der Waals surface area contributed by atoms with Gasteiger partial charge in [0, 0.05) is 12.4 Å². The van der Waals surface area contributed by atoms with Crippen LogP contribution in [0.4, 0.5) is 0 Å². The van der Waals surface area contributed by atoms with Crippen molar-refractivity contribution in [3.05, 3.63) is 30.1 Å². The zero-order valence-electron chi connectivity index (χ0n) is 10.3. The van der Waals surface area contributed by atoms with Gasteiger partial charge in [-0.1, -0.05) is 6.92 Å². The lowest BCUT2D eigenvalue weighted by molar-refractivity contribution is -0.907. The average molecular weight is 234 g/mol. The lowest BCUT2D eigenvalue weighted by atomic mass is 10.00. The monoisotopic (exact) mass is 234 g/mol. The fraction of sp³-hybridized carbons (Fsp3) is 0.538. The molecule has 17 heavy (non-hydrogen) atoms. The van der Waals surface area contributed by atoms with Crippen molar-refractivity contribution in [2.75, 3.05) is 19.8 Å². The fourth-order valence-electron chi connectivity index (χ4n) is 2.15. The second-order valence-corrected chi connectivity index (χ2v) is 4.86. The molecule has 0 aliphatic carbocycles. The summed E-state index contributed by atoms with van der Waals surface area (Å²) in [6, 6.07) is 3.57. The minimum absolute atomic E-state index is 0.0239. The summed E-state index contributed by atoms with van der Waals surface area (Å²) in [6.07, 6.45) is 5.80. The molecule has 1 aromatic rings. The van der Waals surface area contributed by atoms with Gasteiger partial charge in [-0.2, -0.15) is 0 Å². The minimum Gasteiger partial charge on any atom is -0.318 e. The van der Waals surface area contributed by atoms with Gasteiger partial charge in [-0.05, 0) is 30.9 Å². The zero-order chi connectivity index (χ0) is 12.1. The second-order valence-electron chi connectivity index (χ2n) is 4.86. The van der Waals surface area contributed by atoms with Crippen molar-refractivity contribution >= 4 is 5.91 Å². The van der Waals surface area contributed by atoms with E-state index in [1.165, 1.54) is 17.7 Å². The summed E-state index contributed by atoms with van der Waals surface area (Å²) in [6.45, 7) is 5.34. The number of nitrogens with one attached hydrogen (secondary N) is 2. The van der Waals surface area contributed by atoms with E-state index in [0.29, 0.717) is 5.56 Å². The predicted octanol–water partition coefficient (Wildman–Crippen LogP) is 0.0837. The third-order valence-electron chi connectivity index (χ3n) is 3.40. The van der Waals surface area contributed by atoms with Gasteiger partial charge in [0.2, 0.25) is 0 Å². The van der Waals surface area contributed by atoms with Crippen LogP contribution in [0, 0.1) is 5.92 Å². The minimum atomic E-state index is -0.0239. The van der Waals surface area contributed by atoms with E-state index in [2.05, 4.69) is 17.2 Å². The molecule has 1 fully saturated rings. The largest absolute Gasteiger partial charge is 0.318 e. The van der Waals surface area contributed by atoms with Crippen molar-refractivity contribution in [1.82, 2.24) is 10.3 Å². The van der Waals surface area contributed by atoms with Crippen LogP contribution in [0.2, 0.25) is 0 Å². The Morgan fingerprint density at radius 2 is 2.29 bits per heavy atom. The smallest absolute Gasteiger partial charge is 0.257 e. The summed E-state index contributed by atoms with van der Waals surface area (Å²) in [5.74, 6) is 0.817. The molecule has 1 amide bonds. The maximum absolute atomic E-state index is 11.8. The Balaban J connectivity index is 1.77. The Hall–Kier alpha value is -1.42. The number of hydrogen-bond donors (Lipinski definition) is 2. The Morgan fingerprint density at radius 3 is 2.94 bits per heavy atom. The van der Waals surface area contributed by atoms with Gasteiger partial charge in [-0.25, -0.2) is 0 Å². The van der Waals surface area contributed by atoms with Gasteiger partial charge in [0.1, 0.15) is 0 Å². The van der Waals surface area contributed by atoms with Crippen LogP contribution in [0.25, 0.3) is 0 Å². The van der Waals surface area contributed by atoms with Crippen molar-refractivity contribution in [1.29, 1.82) is 0 Å². The molecule has 0 bridgehead atoms. The van der Waals surface area contributed by atoms with Crippen LogP contribution in [0.1, 0.15) is 30.1 Å².